The van der Waals surface area contributed by atoms with Crippen LogP contribution in [0.4, 0.5) is 5.82 Å². The van der Waals surface area contributed by atoms with Gasteiger partial charge in [0.25, 0.3) is 0 Å². The van der Waals surface area contributed by atoms with Gasteiger partial charge in [0.15, 0.2) is 0 Å². The average Bonchev–Trinajstić information content (AvgIpc) is 2.55. The molecule has 2 heterocycles. The molecule has 0 aliphatic carbocycles. The third kappa shape index (κ3) is 3.34. The van der Waals surface area contributed by atoms with E-state index in [2.05, 4.69) is 25.8 Å². The van der Waals surface area contributed by atoms with Crippen LogP contribution < -0.4 is 10.9 Å². The Labute approximate surface area is 99.3 Å². The van der Waals surface area contributed by atoms with Crippen molar-refractivity contribution in [2.75, 3.05) is 12.0 Å². The monoisotopic (exact) mass is 239 g/mol. The van der Waals surface area contributed by atoms with Gasteiger partial charge in [-0.25, -0.2) is 4.98 Å². The van der Waals surface area contributed by atoms with Crippen molar-refractivity contribution < 1.29 is 0 Å². The zero-order chi connectivity index (χ0) is 11.2. The van der Waals surface area contributed by atoms with Gasteiger partial charge in [-0.1, -0.05) is 6.42 Å². The second-order valence-corrected chi connectivity index (χ2v) is 3.94. The fourth-order valence-corrected chi connectivity index (χ4v) is 1.66. The van der Waals surface area contributed by atoms with Gasteiger partial charge in [0, 0.05) is 25.2 Å². The molecule has 0 saturated heterocycles. The summed E-state index contributed by atoms with van der Waals surface area (Å²) in [6, 6.07) is 1.75. The minimum atomic E-state index is 0.231. The van der Waals surface area contributed by atoms with Gasteiger partial charge >= 0.3 is 0 Å². The number of aromatic nitrogens is 2. The molecule has 0 radical (unpaired) electrons. The third-order valence-electron chi connectivity index (χ3n) is 2.34. The number of halogens is 1. The van der Waals surface area contributed by atoms with Gasteiger partial charge in [0.05, 0.1) is 0 Å². The van der Waals surface area contributed by atoms with Gasteiger partial charge in [-0.05, 0) is 24.4 Å². The largest absolute Gasteiger partial charge is 0.287 e. The smallest absolute Gasteiger partial charge is 0.224 e. The van der Waals surface area contributed by atoms with Gasteiger partial charge in [0.1, 0.15) is 11.7 Å². The molecule has 0 aromatic carbocycles. The summed E-state index contributed by atoms with van der Waals surface area (Å²) in [6.45, 7) is 0.897. The van der Waals surface area contributed by atoms with Crippen LogP contribution in [0.2, 0.25) is 5.28 Å². The number of hydrogen-bond acceptors (Lipinski definition) is 5. The van der Waals surface area contributed by atoms with E-state index >= 15 is 0 Å². The first-order valence-electron chi connectivity index (χ1n) is 5.38. The lowest BCUT2D eigenvalue weighted by atomic mass is 10.2. The van der Waals surface area contributed by atoms with E-state index < -0.39 is 0 Å². The fraction of sp³-hybridized carbons (Fsp3) is 0.500. The van der Waals surface area contributed by atoms with E-state index in [0.29, 0.717) is 5.82 Å². The number of anilines is 1. The number of aliphatic imine (C=N–C) groups is 1. The van der Waals surface area contributed by atoms with Crippen molar-refractivity contribution in [3.05, 3.63) is 17.5 Å². The van der Waals surface area contributed by atoms with Crippen LogP contribution in [-0.2, 0) is 0 Å². The Bertz CT molecular complexity index is 379. The predicted octanol–water partition coefficient (Wildman–Crippen LogP) is 2.02. The molecule has 16 heavy (non-hydrogen) atoms. The van der Waals surface area contributed by atoms with Gasteiger partial charge in [0.2, 0.25) is 5.28 Å². The van der Waals surface area contributed by atoms with E-state index in [9.17, 15) is 0 Å². The molecule has 2 rings (SSSR count). The Morgan fingerprint density at radius 2 is 2.12 bits per heavy atom. The van der Waals surface area contributed by atoms with Crippen LogP contribution in [0.1, 0.15) is 25.7 Å². The molecule has 5 nitrogen and oxygen atoms in total. The van der Waals surface area contributed by atoms with Gasteiger partial charge < -0.3 is 0 Å². The zero-order valence-corrected chi connectivity index (χ0v) is 9.67. The summed E-state index contributed by atoms with van der Waals surface area (Å²) >= 11 is 5.67. The molecule has 1 aliphatic heterocycles. The molecule has 0 bridgehead atoms. The van der Waals surface area contributed by atoms with Crippen LogP contribution in [0, 0.1) is 0 Å². The summed E-state index contributed by atoms with van der Waals surface area (Å²) in [7, 11) is 0. The molecular weight excluding hydrogens is 226 g/mol. The summed E-state index contributed by atoms with van der Waals surface area (Å²) in [6.07, 6.45) is 6.18. The van der Waals surface area contributed by atoms with Crippen LogP contribution in [0.5, 0.6) is 0 Å². The molecule has 1 aromatic heterocycles. The topological polar surface area (TPSA) is 62.2 Å². The van der Waals surface area contributed by atoms with E-state index in [4.69, 9.17) is 11.6 Å². The average molecular weight is 240 g/mol. The molecule has 1 aliphatic rings. The highest BCUT2D eigenvalue weighted by molar-refractivity contribution is 6.28. The standard InChI is InChI=1S/C10H14ClN5/c11-10-13-7-5-9(14-10)16-15-8-4-2-1-3-6-12-8/h5,7H,1-4,6H2,(H,12,15)(H,13,14,16). The SMILES string of the molecule is Clc1nccc(NNC2=NCCCCC2)n1. The van der Waals surface area contributed by atoms with E-state index in [1.165, 1.54) is 19.3 Å². The lowest BCUT2D eigenvalue weighted by Crippen LogP contribution is -2.29. The summed E-state index contributed by atoms with van der Waals surface area (Å²) in [5.74, 6) is 1.62. The highest BCUT2D eigenvalue weighted by Gasteiger charge is 2.03. The highest BCUT2D eigenvalue weighted by Crippen LogP contribution is 2.07. The minimum absolute atomic E-state index is 0.231. The predicted molar refractivity (Wildman–Crippen MR) is 64.6 cm³/mol. The van der Waals surface area contributed by atoms with E-state index in [-0.39, 0.29) is 5.28 Å². The maximum Gasteiger partial charge on any atom is 0.224 e. The third-order valence-corrected chi connectivity index (χ3v) is 2.52. The molecular formula is C10H14ClN5. The maximum atomic E-state index is 5.67. The minimum Gasteiger partial charge on any atom is -0.287 e. The fourth-order valence-electron chi connectivity index (χ4n) is 1.52. The van der Waals surface area contributed by atoms with Crippen LogP contribution in [0.15, 0.2) is 17.3 Å². The van der Waals surface area contributed by atoms with Crippen molar-refractivity contribution in [3.63, 3.8) is 0 Å². The summed E-state index contributed by atoms with van der Waals surface area (Å²) in [5.41, 5.74) is 6.02. The van der Waals surface area contributed by atoms with Crippen molar-refractivity contribution in [2.45, 2.75) is 25.7 Å². The van der Waals surface area contributed by atoms with E-state index in [0.717, 1.165) is 18.8 Å². The number of rotatable bonds is 2. The Morgan fingerprint density at radius 3 is 3.00 bits per heavy atom. The molecule has 0 atom stereocenters. The number of nitrogens with zero attached hydrogens (tertiary/aromatic N) is 3. The Kier molecular flexibility index (Phi) is 3.93. The van der Waals surface area contributed by atoms with Gasteiger partial charge in [-0.2, -0.15) is 4.98 Å². The van der Waals surface area contributed by atoms with Crippen molar-refractivity contribution in [3.8, 4) is 0 Å². The van der Waals surface area contributed by atoms with Crippen molar-refractivity contribution in [1.29, 1.82) is 0 Å². The molecule has 6 heteroatoms. The summed E-state index contributed by atoms with van der Waals surface area (Å²) < 4.78 is 0. The Morgan fingerprint density at radius 1 is 1.19 bits per heavy atom. The highest BCUT2D eigenvalue weighted by atomic mass is 35.5. The van der Waals surface area contributed by atoms with Crippen LogP contribution in [0.3, 0.4) is 0 Å². The summed E-state index contributed by atoms with van der Waals surface area (Å²) in [5, 5.41) is 0.231. The first kappa shape index (κ1) is 11.1. The molecule has 0 fully saturated rings. The molecule has 0 saturated carbocycles. The molecule has 86 valence electrons. The number of nitrogens with one attached hydrogen (secondary N) is 2. The second kappa shape index (κ2) is 5.65. The zero-order valence-electron chi connectivity index (χ0n) is 8.91. The Hall–Kier alpha value is -1.36. The number of amidine groups is 1. The van der Waals surface area contributed by atoms with Crippen LogP contribution in [0.25, 0.3) is 0 Å². The van der Waals surface area contributed by atoms with Gasteiger partial charge in [-0.15, -0.1) is 0 Å². The van der Waals surface area contributed by atoms with E-state index in [1.54, 1.807) is 12.3 Å². The Balaban J connectivity index is 1.89. The molecule has 0 spiro atoms. The van der Waals surface area contributed by atoms with Crippen molar-refractivity contribution >= 4 is 23.3 Å². The first-order chi connectivity index (χ1) is 7.84. The van der Waals surface area contributed by atoms with Crippen molar-refractivity contribution in [2.24, 2.45) is 4.99 Å². The lowest BCUT2D eigenvalue weighted by molar-refractivity contribution is 0.729. The molecule has 0 unspecified atom stereocenters. The summed E-state index contributed by atoms with van der Waals surface area (Å²) in [4.78, 5) is 12.2. The number of hydrogen-bond donors (Lipinski definition) is 2. The number of hydrazine groups is 1. The molecule has 1 aromatic rings. The second-order valence-electron chi connectivity index (χ2n) is 3.60. The quantitative estimate of drug-likeness (QED) is 0.612. The van der Waals surface area contributed by atoms with Crippen molar-refractivity contribution in [1.82, 2.24) is 15.4 Å². The van der Waals surface area contributed by atoms with Crippen LogP contribution >= 0.6 is 11.6 Å². The normalized spacial score (nSPS) is 16.2. The van der Waals surface area contributed by atoms with Gasteiger partial charge in [-0.3, -0.25) is 15.8 Å². The lowest BCUT2D eigenvalue weighted by Gasteiger charge is -2.09. The molecule has 2 N–H and O–H groups in total. The maximum absolute atomic E-state index is 5.67. The molecule has 0 amide bonds. The van der Waals surface area contributed by atoms with Crippen LogP contribution in [-0.4, -0.2) is 22.3 Å². The first-order valence-corrected chi connectivity index (χ1v) is 5.76. The van der Waals surface area contributed by atoms with E-state index in [1.807, 2.05) is 0 Å².